The number of carboxylic acid groups (broad SMARTS) is 1. The molecule has 4 rings (SSSR count). The summed E-state index contributed by atoms with van der Waals surface area (Å²) < 4.78 is 84.2. The number of aliphatic carboxylic acids is 1. The van der Waals surface area contributed by atoms with Crippen molar-refractivity contribution >= 4 is 11.5 Å². The van der Waals surface area contributed by atoms with Crippen LogP contribution in [0.2, 0.25) is 0 Å². The van der Waals surface area contributed by atoms with E-state index in [4.69, 9.17) is 4.74 Å². The summed E-state index contributed by atoms with van der Waals surface area (Å²) in [6.07, 6.45) is -8.39. The van der Waals surface area contributed by atoms with E-state index in [1.54, 1.807) is 12.1 Å². The Hall–Kier alpha value is -2.01. The maximum absolute atomic E-state index is 13.4. The summed E-state index contributed by atoms with van der Waals surface area (Å²) in [6, 6.07) is 6.69. The smallest absolute Gasteiger partial charge is 0.550 e. The predicted molar refractivity (Wildman–Crippen MR) is 113 cm³/mol. The van der Waals surface area contributed by atoms with Crippen molar-refractivity contribution in [3.8, 4) is 5.75 Å². The number of carbonyl (C=O) groups is 1. The van der Waals surface area contributed by atoms with Gasteiger partial charge in [-0.3, -0.25) is 4.90 Å². The van der Waals surface area contributed by atoms with E-state index in [9.17, 15) is 36.2 Å². The van der Waals surface area contributed by atoms with Crippen LogP contribution in [0.4, 0.5) is 26.3 Å². The Labute approximate surface area is 226 Å². The minimum Gasteiger partial charge on any atom is -0.550 e. The molecule has 1 aliphatic heterocycles. The average molecular weight is 521 g/mol. The second-order valence-electron chi connectivity index (χ2n) is 8.91. The molecule has 11 heteroatoms. The van der Waals surface area contributed by atoms with Crippen LogP contribution in [0.5, 0.6) is 5.75 Å². The maximum Gasteiger partial charge on any atom is 1.00 e. The van der Waals surface area contributed by atoms with E-state index in [0.717, 1.165) is 29.2 Å². The standard InChI is InChI=1S/C25H23F6NO3.Na/c1-14-16(10-32-11-18(12-32)23(33)34)3-2-15-8-20(6-7-21(14)15)35-13-17-4-5-19(24(26,27)28)9-22(17)25(29,30)31;/h4-9,18H,2-3,10-13H2,1H3,(H,33,34);/q;+1/p-1. The number of alkyl halides is 6. The Morgan fingerprint density at radius 2 is 1.72 bits per heavy atom. The van der Waals surface area contributed by atoms with Crippen LogP contribution in [0.1, 0.15) is 41.2 Å². The van der Waals surface area contributed by atoms with Crippen LogP contribution in [-0.2, 0) is 30.2 Å². The van der Waals surface area contributed by atoms with Crippen LogP contribution >= 0.6 is 0 Å². The van der Waals surface area contributed by atoms with Gasteiger partial charge in [-0.05, 0) is 60.7 Å². The number of rotatable bonds is 6. The first-order valence-electron chi connectivity index (χ1n) is 11.0. The van der Waals surface area contributed by atoms with Gasteiger partial charge in [0.2, 0.25) is 0 Å². The zero-order valence-corrected chi connectivity index (χ0v) is 21.7. The molecule has 0 aromatic heterocycles. The summed E-state index contributed by atoms with van der Waals surface area (Å²) in [6.45, 7) is 3.04. The average Bonchev–Trinajstić information content (AvgIpc) is 2.74. The van der Waals surface area contributed by atoms with Gasteiger partial charge in [0.25, 0.3) is 0 Å². The third-order valence-corrected chi connectivity index (χ3v) is 6.55. The summed E-state index contributed by atoms with van der Waals surface area (Å²) in [5.74, 6) is -1.14. The monoisotopic (exact) mass is 521 g/mol. The molecule has 36 heavy (non-hydrogen) atoms. The SMILES string of the molecule is CC1=C(CN2CC(C(=O)[O-])C2)CCc2cc(OCc3ccc(C(F)(F)F)cc3C(F)(F)F)ccc21.[Na+]. The summed E-state index contributed by atoms with van der Waals surface area (Å²) in [5, 5.41) is 10.9. The van der Waals surface area contributed by atoms with E-state index < -0.39 is 42.0 Å². The number of likely N-dealkylation sites (tertiary alicyclic amines) is 1. The number of halogens is 6. The topological polar surface area (TPSA) is 52.6 Å². The summed E-state index contributed by atoms with van der Waals surface area (Å²) in [7, 11) is 0. The van der Waals surface area contributed by atoms with Crippen LogP contribution in [-0.4, -0.2) is 30.5 Å². The molecule has 0 saturated carbocycles. The predicted octanol–water partition coefficient (Wildman–Crippen LogP) is 1.71. The molecular formula is C25H22F6NNaO3. The molecular weight excluding hydrogens is 499 g/mol. The van der Waals surface area contributed by atoms with Crippen molar-refractivity contribution < 1.29 is 70.5 Å². The van der Waals surface area contributed by atoms with Gasteiger partial charge in [-0.25, -0.2) is 0 Å². The van der Waals surface area contributed by atoms with Crippen LogP contribution in [0, 0.1) is 5.92 Å². The van der Waals surface area contributed by atoms with Crippen molar-refractivity contribution in [2.24, 2.45) is 5.92 Å². The Balaban J connectivity index is 0.00000361. The quantitative estimate of drug-likeness (QED) is 0.429. The summed E-state index contributed by atoms with van der Waals surface area (Å²) in [4.78, 5) is 12.9. The van der Waals surface area contributed by atoms with Gasteiger partial charge >= 0.3 is 41.9 Å². The number of carboxylic acids is 1. The fourth-order valence-electron chi connectivity index (χ4n) is 4.52. The first kappa shape index (κ1) is 28.6. The van der Waals surface area contributed by atoms with Gasteiger partial charge in [0.15, 0.2) is 0 Å². The first-order valence-corrected chi connectivity index (χ1v) is 11.0. The van der Waals surface area contributed by atoms with E-state index in [-0.39, 0.29) is 41.2 Å². The number of aryl methyl sites for hydroxylation is 1. The van der Waals surface area contributed by atoms with Crippen molar-refractivity contribution in [3.05, 3.63) is 69.8 Å². The van der Waals surface area contributed by atoms with Gasteiger partial charge in [0, 0.05) is 37.1 Å². The van der Waals surface area contributed by atoms with E-state index in [0.29, 0.717) is 37.9 Å². The van der Waals surface area contributed by atoms with Gasteiger partial charge in [-0.1, -0.05) is 17.7 Å². The number of nitrogens with zero attached hydrogens (tertiary/aromatic N) is 1. The molecule has 0 N–H and O–H groups in total. The van der Waals surface area contributed by atoms with Crippen molar-refractivity contribution in [1.82, 2.24) is 4.90 Å². The molecule has 0 amide bonds. The second kappa shape index (κ2) is 10.8. The van der Waals surface area contributed by atoms with Gasteiger partial charge in [-0.15, -0.1) is 0 Å². The van der Waals surface area contributed by atoms with Gasteiger partial charge in [0.1, 0.15) is 12.4 Å². The van der Waals surface area contributed by atoms with Crippen LogP contribution in [0.25, 0.3) is 5.57 Å². The van der Waals surface area contributed by atoms with E-state index in [1.165, 1.54) is 5.57 Å². The molecule has 0 radical (unpaired) electrons. The Morgan fingerprint density at radius 3 is 2.33 bits per heavy atom. The molecule has 1 heterocycles. The molecule has 1 saturated heterocycles. The largest absolute Gasteiger partial charge is 1.00 e. The number of fused-ring (bicyclic) bond motifs is 1. The van der Waals surface area contributed by atoms with Gasteiger partial charge < -0.3 is 14.6 Å². The second-order valence-corrected chi connectivity index (χ2v) is 8.91. The Kier molecular flexibility index (Phi) is 8.54. The Bertz CT molecular complexity index is 1170. The van der Waals surface area contributed by atoms with Crippen molar-refractivity contribution in [3.63, 3.8) is 0 Å². The first-order chi connectivity index (χ1) is 16.3. The van der Waals surface area contributed by atoms with Gasteiger partial charge in [0.05, 0.1) is 11.1 Å². The number of carbonyl (C=O) groups excluding carboxylic acids is 1. The number of ether oxygens (including phenoxy) is 1. The van der Waals surface area contributed by atoms with Gasteiger partial charge in [-0.2, -0.15) is 26.3 Å². The summed E-state index contributed by atoms with van der Waals surface area (Å²) in [5.41, 5.74) is 1.09. The van der Waals surface area contributed by atoms with Crippen molar-refractivity contribution in [1.29, 1.82) is 0 Å². The summed E-state index contributed by atoms with van der Waals surface area (Å²) >= 11 is 0. The molecule has 1 fully saturated rings. The molecule has 0 bridgehead atoms. The minimum absolute atomic E-state index is 0. The fourth-order valence-corrected chi connectivity index (χ4v) is 4.52. The number of benzene rings is 2. The third kappa shape index (κ3) is 6.27. The molecule has 0 spiro atoms. The molecule has 188 valence electrons. The zero-order valence-electron chi connectivity index (χ0n) is 19.7. The minimum atomic E-state index is -4.95. The molecule has 0 unspecified atom stereocenters. The molecule has 0 atom stereocenters. The van der Waals surface area contributed by atoms with Crippen molar-refractivity contribution in [2.45, 2.75) is 38.7 Å². The van der Waals surface area contributed by atoms with Crippen LogP contribution in [0.15, 0.2) is 42.0 Å². The van der Waals surface area contributed by atoms with E-state index in [2.05, 4.69) is 0 Å². The van der Waals surface area contributed by atoms with E-state index in [1.807, 2.05) is 17.9 Å². The third-order valence-electron chi connectivity index (χ3n) is 6.55. The number of hydrogen-bond donors (Lipinski definition) is 0. The normalized spacial score (nSPS) is 16.8. The Morgan fingerprint density at radius 1 is 1.03 bits per heavy atom. The van der Waals surface area contributed by atoms with Crippen molar-refractivity contribution in [2.75, 3.05) is 19.6 Å². The molecule has 4 nitrogen and oxygen atoms in total. The zero-order chi connectivity index (χ0) is 25.5. The number of hydrogen-bond acceptors (Lipinski definition) is 4. The van der Waals surface area contributed by atoms with Crippen LogP contribution < -0.4 is 39.4 Å². The maximum atomic E-state index is 13.4. The molecule has 2 aromatic rings. The number of allylic oxidation sites excluding steroid dienone is 1. The molecule has 1 aliphatic carbocycles. The van der Waals surface area contributed by atoms with E-state index >= 15 is 0 Å². The van der Waals surface area contributed by atoms with Crippen LogP contribution in [0.3, 0.4) is 0 Å². The molecule has 2 aromatic carbocycles. The fraction of sp³-hybridized carbons (Fsp3) is 0.400. The molecule has 2 aliphatic rings.